The molecule has 1 heterocycles. The number of hydrogen-bond acceptors (Lipinski definition) is 3. The maximum absolute atomic E-state index is 11.8. The van der Waals surface area contributed by atoms with E-state index in [4.69, 9.17) is 10.8 Å². The molecule has 1 fully saturated rings. The van der Waals surface area contributed by atoms with E-state index in [0.717, 1.165) is 12.8 Å². The molecule has 1 unspecified atom stereocenters. The second-order valence-electron chi connectivity index (χ2n) is 3.74. The van der Waals surface area contributed by atoms with Crippen molar-refractivity contribution in [2.24, 2.45) is 5.73 Å². The molecule has 86 valence electrons. The van der Waals surface area contributed by atoms with Crippen molar-refractivity contribution in [3.8, 4) is 0 Å². The summed E-state index contributed by atoms with van der Waals surface area (Å²) in [6.45, 7) is 2.18. The largest absolute Gasteiger partial charge is 0.394 e. The zero-order valence-corrected chi connectivity index (χ0v) is 8.77. The van der Waals surface area contributed by atoms with Crippen LogP contribution in [0.5, 0.6) is 0 Å². The lowest BCUT2D eigenvalue weighted by molar-refractivity contribution is -0.134. The number of nitrogens with one attached hydrogen (secondary N) is 1. The van der Waals surface area contributed by atoms with Gasteiger partial charge in [-0.15, -0.1) is 0 Å². The molecule has 0 spiro atoms. The molecule has 0 bridgehead atoms. The Kier molecular flexibility index (Phi) is 3.90. The van der Waals surface area contributed by atoms with E-state index in [1.807, 2.05) is 0 Å². The molecule has 4 N–H and O–H groups in total. The minimum Gasteiger partial charge on any atom is -0.394 e. The molecule has 0 aromatic heterocycles. The number of nitrogens with zero attached hydrogens (tertiary/aromatic N) is 1. The number of aliphatic hydroxyl groups excluding tert-OH is 1. The van der Waals surface area contributed by atoms with Gasteiger partial charge in [0.1, 0.15) is 6.04 Å². The van der Waals surface area contributed by atoms with Crippen LogP contribution in [0, 0.1) is 0 Å². The molecule has 6 nitrogen and oxygen atoms in total. The van der Waals surface area contributed by atoms with Gasteiger partial charge in [-0.2, -0.15) is 0 Å². The molecular weight excluding hydrogens is 198 g/mol. The van der Waals surface area contributed by atoms with Crippen LogP contribution in [0.2, 0.25) is 0 Å². The number of rotatable bonds is 3. The minimum atomic E-state index is -0.712. The van der Waals surface area contributed by atoms with Crippen molar-refractivity contribution in [3.63, 3.8) is 0 Å². The maximum Gasteiger partial charge on any atom is 0.312 e. The smallest absolute Gasteiger partial charge is 0.312 e. The summed E-state index contributed by atoms with van der Waals surface area (Å²) in [5.74, 6) is -0.189. The van der Waals surface area contributed by atoms with E-state index in [1.165, 1.54) is 0 Å². The van der Waals surface area contributed by atoms with Crippen LogP contribution in [0.4, 0.5) is 4.79 Å². The zero-order chi connectivity index (χ0) is 11.4. The fraction of sp³-hybridized carbons (Fsp3) is 0.778. The van der Waals surface area contributed by atoms with Gasteiger partial charge < -0.3 is 21.1 Å². The predicted molar refractivity (Wildman–Crippen MR) is 54.0 cm³/mol. The molecule has 6 heteroatoms. The van der Waals surface area contributed by atoms with Crippen molar-refractivity contribution in [1.29, 1.82) is 0 Å². The van der Waals surface area contributed by atoms with Crippen molar-refractivity contribution in [1.82, 2.24) is 10.2 Å². The maximum atomic E-state index is 11.8. The number of primary amides is 1. The van der Waals surface area contributed by atoms with Gasteiger partial charge in [0, 0.05) is 6.54 Å². The van der Waals surface area contributed by atoms with Gasteiger partial charge in [-0.05, 0) is 19.8 Å². The predicted octanol–water partition coefficient (Wildman–Crippen LogP) is -0.973. The first-order valence-electron chi connectivity index (χ1n) is 5.03. The average molecular weight is 215 g/mol. The number of nitrogens with two attached hydrogens (primary N) is 1. The Hall–Kier alpha value is -1.30. The molecule has 1 rings (SSSR count). The van der Waals surface area contributed by atoms with E-state index in [9.17, 15) is 9.59 Å². The molecule has 0 radical (unpaired) electrons. The van der Waals surface area contributed by atoms with Gasteiger partial charge in [0.25, 0.3) is 0 Å². The van der Waals surface area contributed by atoms with E-state index in [2.05, 4.69) is 5.32 Å². The van der Waals surface area contributed by atoms with Crippen LogP contribution in [-0.2, 0) is 4.79 Å². The Labute approximate surface area is 88.4 Å². The highest BCUT2D eigenvalue weighted by Crippen LogP contribution is 2.17. The number of urea groups is 1. The Bertz CT molecular complexity index is 257. The number of likely N-dealkylation sites (tertiary alicyclic amines) is 1. The lowest BCUT2D eigenvalue weighted by Crippen LogP contribution is -2.50. The summed E-state index contributed by atoms with van der Waals surface area (Å²) in [6.07, 6.45) is 1.70. The van der Waals surface area contributed by atoms with Gasteiger partial charge in [0.2, 0.25) is 5.91 Å². The van der Waals surface area contributed by atoms with Crippen LogP contribution in [0.15, 0.2) is 0 Å². The third-order valence-corrected chi connectivity index (χ3v) is 2.60. The van der Waals surface area contributed by atoms with E-state index in [1.54, 1.807) is 11.8 Å². The Morgan fingerprint density at radius 3 is 2.87 bits per heavy atom. The molecule has 0 aliphatic carbocycles. The van der Waals surface area contributed by atoms with Crippen molar-refractivity contribution in [2.75, 3.05) is 13.2 Å². The topological polar surface area (TPSA) is 95.7 Å². The molecule has 1 saturated heterocycles. The first-order chi connectivity index (χ1) is 7.06. The third-order valence-electron chi connectivity index (χ3n) is 2.60. The van der Waals surface area contributed by atoms with Gasteiger partial charge in [-0.25, -0.2) is 4.79 Å². The SMILES string of the molecule is CC(NC(N)=O)C(=O)N1CCC[C@H]1CO. The van der Waals surface area contributed by atoms with E-state index < -0.39 is 12.1 Å². The first-order valence-corrected chi connectivity index (χ1v) is 5.03. The van der Waals surface area contributed by atoms with E-state index in [0.29, 0.717) is 6.54 Å². The van der Waals surface area contributed by atoms with Gasteiger partial charge in [0.15, 0.2) is 0 Å². The lowest BCUT2D eigenvalue weighted by atomic mass is 10.2. The number of amides is 3. The number of hydrogen-bond donors (Lipinski definition) is 3. The Morgan fingerprint density at radius 1 is 1.67 bits per heavy atom. The van der Waals surface area contributed by atoms with Crippen molar-refractivity contribution < 1.29 is 14.7 Å². The van der Waals surface area contributed by atoms with Crippen LogP contribution < -0.4 is 11.1 Å². The second-order valence-corrected chi connectivity index (χ2v) is 3.74. The Balaban J connectivity index is 2.55. The molecule has 1 aliphatic rings. The molecule has 0 saturated carbocycles. The number of carbonyl (C=O) groups is 2. The average Bonchev–Trinajstić information content (AvgIpc) is 2.62. The summed E-state index contributed by atoms with van der Waals surface area (Å²) in [4.78, 5) is 24.0. The van der Waals surface area contributed by atoms with Crippen molar-refractivity contribution in [2.45, 2.75) is 31.8 Å². The van der Waals surface area contributed by atoms with Crippen LogP contribution in [0.1, 0.15) is 19.8 Å². The summed E-state index contributed by atoms with van der Waals surface area (Å²) >= 11 is 0. The lowest BCUT2D eigenvalue weighted by Gasteiger charge is -2.26. The fourth-order valence-corrected chi connectivity index (χ4v) is 1.84. The number of aliphatic hydroxyl groups is 1. The van der Waals surface area contributed by atoms with E-state index >= 15 is 0 Å². The van der Waals surface area contributed by atoms with Gasteiger partial charge in [-0.1, -0.05) is 0 Å². The second kappa shape index (κ2) is 4.97. The highest BCUT2D eigenvalue weighted by atomic mass is 16.3. The first kappa shape index (κ1) is 11.8. The van der Waals surface area contributed by atoms with Gasteiger partial charge in [0.05, 0.1) is 12.6 Å². The molecule has 0 aromatic carbocycles. The van der Waals surface area contributed by atoms with Crippen LogP contribution in [0.25, 0.3) is 0 Å². The molecule has 3 amide bonds. The number of carbonyl (C=O) groups excluding carboxylic acids is 2. The summed E-state index contributed by atoms with van der Waals surface area (Å²) in [7, 11) is 0. The normalized spacial score (nSPS) is 22.5. The summed E-state index contributed by atoms with van der Waals surface area (Å²) in [5.41, 5.74) is 4.93. The molecule has 1 aliphatic heterocycles. The highest BCUT2D eigenvalue weighted by molar-refractivity contribution is 5.86. The minimum absolute atomic E-state index is 0.0327. The van der Waals surface area contributed by atoms with Gasteiger partial charge in [-0.3, -0.25) is 4.79 Å². The Morgan fingerprint density at radius 2 is 2.33 bits per heavy atom. The quantitative estimate of drug-likeness (QED) is 0.565. The molecule has 15 heavy (non-hydrogen) atoms. The van der Waals surface area contributed by atoms with Crippen LogP contribution in [-0.4, -0.2) is 47.2 Å². The van der Waals surface area contributed by atoms with Crippen LogP contribution >= 0.6 is 0 Å². The monoisotopic (exact) mass is 215 g/mol. The zero-order valence-electron chi connectivity index (χ0n) is 8.77. The summed E-state index contributed by atoms with van der Waals surface area (Å²) in [5, 5.41) is 11.4. The van der Waals surface area contributed by atoms with E-state index in [-0.39, 0.29) is 18.6 Å². The standard InChI is InChI=1S/C9H17N3O3/c1-6(11-9(10)15)8(14)12-4-2-3-7(12)5-13/h6-7,13H,2-5H2,1H3,(H3,10,11,15)/t6?,7-/m0/s1. The molecular formula is C9H17N3O3. The van der Waals surface area contributed by atoms with Crippen LogP contribution in [0.3, 0.4) is 0 Å². The summed E-state index contributed by atoms with van der Waals surface area (Å²) in [6, 6.07) is -1.46. The highest BCUT2D eigenvalue weighted by Gasteiger charge is 2.31. The summed E-state index contributed by atoms with van der Waals surface area (Å²) < 4.78 is 0. The fourth-order valence-electron chi connectivity index (χ4n) is 1.84. The molecule has 0 aromatic rings. The van der Waals surface area contributed by atoms with Gasteiger partial charge >= 0.3 is 6.03 Å². The third kappa shape index (κ3) is 2.82. The molecule has 2 atom stereocenters. The van der Waals surface area contributed by atoms with Crippen molar-refractivity contribution in [3.05, 3.63) is 0 Å². The van der Waals surface area contributed by atoms with Crippen molar-refractivity contribution >= 4 is 11.9 Å².